The third-order valence-electron chi connectivity index (χ3n) is 4.73. The molecule has 0 radical (unpaired) electrons. The summed E-state index contributed by atoms with van der Waals surface area (Å²) in [5, 5.41) is 3.08. The average Bonchev–Trinajstić information content (AvgIpc) is 3.22. The number of nitrogens with zero attached hydrogens (tertiary/aromatic N) is 2. The molecule has 3 rings (SSSR count). The van der Waals surface area contributed by atoms with E-state index in [9.17, 15) is 4.79 Å². The van der Waals surface area contributed by atoms with Gasteiger partial charge in [0.25, 0.3) is 0 Å². The zero-order valence-corrected chi connectivity index (χ0v) is 15.0. The van der Waals surface area contributed by atoms with Gasteiger partial charge in [-0.05, 0) is 37.6 Å². The van der Waals surface area contributed by atoms with Crippen LogP contribution in [0.25, 0.3) is 0 Å². The minimum atomic E-state index is 0.0524. The lowest BCUT2D eigenvalue weighted by molar-refractivity contribution is -0.121. The summed E-state index contributed by atoms with van der Waals surface area (Å²) in [5.74, 6) is 1.87. The summed E-state index contributed by atoms with van der Waals surface area (Å²) in [6, 6.07) is 8.08. The van der Waals surface area contributed by atoms with Crippen molar-refractivity contribution in [1.82, 2.24) is 14.8 Å². The van der Waals surface area contributed by atoms with Crippen LogP contribution in [0.2, 0.25) is 0 Å². The van der Waals surface area contributed by atoms with Gasteiger partial charge in [-0.2, -0.15) is 0 Å². The number of carbonyl (C=O) groups excluding carboxylic acids is 1. The summed E-state index contributed by atoms with van der Waals surface area (Å²) in [6.07, 6.45) is 3.24. The third-order valence-corrected chi connectivity index (χ3v) is 4.73. The van der Waals surface area contributed by atoms with Crippen LogP contribution in [-0.2, 0) is 23.0 Å². The number of hydrogen-bond donors (Lipinski definition) is 1. The third kappa shape index (κ3) is 4.74. The first-order valence-electron chi connectivity index (χ1n) is 8.88. The van der Waals surface area contributed by atoms with E-state index in [1.807, 2.05) is 38.4 Å². The van der Waals surface area contributed by atoms with Gasteiger partial charge in [0.1, 0.15) is 11.5 Å². The van der Waals surface area contributed by atoms with E-state index in [2.05, 4.69) is 20.9 Å². The van der Waals surface area contributed by atoms with Crippen molar-refractivity contribution >= 4 is 5.91 Å². The Labute approximate surface area is 148 Å². The Morgan fingerprint density at radius 2 is 2.08 bits per heavy atom. The van der Waals surface area contributed by atoms with Gasteiger partial charge in [-0.1, -0.05) is 0 Å². The predicted octanol–water partition coefficient (Wildman–Crippen LogP) is 2.05. The number of rotatable bonds is 7. The number of furan rings is 1. The standard InChI is InChI=1S/C19H27N3O3/c1-15-5-7-18(25-15)17(22-10-12-24-13-11-22)14-20-19(23)8-6-16-4-3-9-21(16)2/h3-5,7,9,17H,6,8,10-14H2,1-2H3,(H,20,23)/t17-/m1/s1. The molecule has 1 amide bonds. The highest BCUT2D eigenvalue weighted by Crippen LogP contribution is 2.23. The van der Waals surface area contributed by atoms with Gasteiger partial charge in [-0.25, -0.2) is 0 Å². The van der Waals surface area contributed by atoms with Crippen LogP contribution in [0, 0.1) is 6.92 Å². The first-order chi connectivity index (χ1) is 12.1. The number of nitrogens with one attached hydrogen (secondary N) is 1. The fraction of sp³-hybridized carbons (Fsp3) is 0.526. The molecule has 6 nitrogen and oxygen atoms in total. The highest BCUT2D eigenvalue weighted by Gasteiger charge is 2.25. The monoisotopic (exact) mass is 345 g/mol. The summed E-state index contributed by atoms with van der Waals surface area (Å²) >= 11 is 0. The molecule has 1 atom stereocenters. The van der Waals surface area contributed by atoms with E-state index in [1.165, 1.54) is 5.69 Å². The normalized spacial score (nSPS) is 16.7. The number of morpholine rings is 1. The van der Waals surface area contributed by atoms with Gasteiger partial charge in [0.2, 0.25) is 5.91 Å². The minimum absolute atomic E-state index is 0.0524. The molecule has 1 aliphatic heterocycles. The van der Waals surface area contributed by atoms with Crippen molar-refractivity contribution in [3.63, 3.8) is 0 Å². The molecule has 136 valence electrons. The lowest BCUT2D eigenvalue weighted by Crippen LogP contribution is -2.43. The molecule has 6 heteroatoms. The highest BCUT2D eigenvalue weighted by atomic mass is 16.5. The zero-order valence-electron chi connectivity index (χ0n) is 15.0. The van der Waals surface area contributed by atoms with Gasteiger partial charge in [0, 0.05) is 45.0 Å². The second kappa shape index (κ2) is 8.36. The number of ether oxygens (including phenoxy) is 1. The smallest absolute Gasteiger partial charge is 0.220 e. The van der Waals surface area contributed by atoms with Crippen LogP contribution in [0.3, 0.4) is 0 Å². The Morgan fingerprint density at radius 1 is 1.28 bits per heavy atom. The van der Waals surface area contributed by atoms with E-state index in [-0.39, 0.29) is 11.9 Å². The number of hydrogen-bond acceptors (Lipinski definition) is 4. The first kappa shape index (κ1) is 17.8. The maximum Gasteiger partial charge on any atom is 0.220 e. The van der Waals surface area contributed by atoms with Crippen LogP contribution in [0.5, 0.6) is 0 Å². The molecule has 0 unspecified atom stereocenters. The molecule has 0 saturated carbocycles. The summed E-state index contributed by atoms with van der Waals surface area (Å²) in [4.78, 5) is 14.6. The Balaban J connectivity index is 1.56. The van der Waals surface area contributed by atoms with E-state index in [1.54, 1.807) is 0 Å². The lowest BCUT2D eigenvalue weighted by atomic mass is 10.1. The van der Waals surface area contributed by atoms with E-state index < -0.39 is 0 Å². The van der Waals surface area contributed by atoms with Crippen molar-refractivity contribution in [3.05, 3.63) is 47.7 Å². The molecular formula is C19H27N3O3. The molecule has 0 bridgehead atoms. The molecule has 1 N–H and O–H groups in total. The summed E-state index contributed by atoms with van der Waals surface area (Å²) in [5.41, 5.74) is 1.17. The Bertz CT molecular complexity index is 686. The topological polar surface area (TPSA) is 59.6 Å². The van der Waals surface area contributed by atoms with Crippen LogP contribution in [0.1, 0.15) is 29.7 Å². The van der Waals surface area contributed by atoms with Gasteiger partial charge in [-0.3, -0.25) is 9.69 Å². The molecule has 1 fully saturated rings. The summed E-state index contributed by atoms with van der Waals surface area (Å²) < 4.78 is 13.3. The van der Waals surface area contributed by atoms with Crippen LogP contribution < -0.4 is 5.32 Å². The second-order valence-electron chi connectivity index (χ2n) is 6.53. The van der Waals surface area contributed by atoms with Gasteiger partial charge < -0.3 is 19.0 Å². The van der Waals surface area contributed by atoms with Crippen LogP contribution in [0.4, 0.5) is 0 Å². The molecular weight excluding hydrogens is 318 g/mol. The van der Waals surface area contributed by atoms with Crippen molar-refractivity contribution < 1.29 is 13.9 Å². The predicted molar refractivity (Wildman–Crippen MR) is 95.3 cm³/mol. The number of aromatic nitrogens is 1. The van der Waals surface area contributed by atoms with E-state index >= 15 is 0 Å². The van der Waals surface area contributed by atoms with Gasteiger partial charge in [0.15, 0.2) is 0 Å². The fourth-order valence-electron chi connectivity index (χ4n) is 3.23. The maximum atomic E-state index is 12.3. The van der Waals surface area contributed by atoms with Gasteiger partial charge in [-0.15, -0.1) is 0 Å². The van der Waals surface area contributed by atoms with E-state index in [0.717, 1.165) is 44.2 Å². The summed E-state index contributed by atoms with van der Waals surface area (Å²) in [6.45, 7) is 5.64. The molecule has 3 heterocycles. The minimum Gasteiger partial charge on any atom is -0.465 e. The molecule has 2 aromatic heterocycles. The number of aryl methyl sites for hydroxylation is 3. The van der Waals surface area contributed by atoms with Crippen molar-refractivity contribution in [1.29, 1.82) is 0 Å². The molecule has 0 spiro atoms. The first-order valence-corrected chi connectivity index (χ1v) is 8.88. The van der Waals surface area contributed by atoms with E-state index in [0.29, 0.717) is 13.0 Å². The maximum absolute atomic E-state index is 12.3. The number of amides is 1. The average molecular weight is 345 g/mol. The summed E-state index contributed by atoms with van der Waals surface area (Å²) in [7, 11) is 2.00. The highest BCUT2D eigenvalue weighted by molar-refractivity contribution is 5.76. The van der Waals surface area contributed by atoms with E-state index in [4.69, 9.17) is 9.15 Å². The Hall–Kier alpha value is -2.05. The molecule has 2 aromatic rings. The van der Waals surface area contributed by atoms with Crippen LogP contribution >= 0.6 is 0 Å². The lowest BCUT2D eigenvalue weighted by Gasteiger charge is -2.33. The van der Waals surface area contributed by atoms with Crippen LogP contribution in [0.15, 0.2) is 34.9 Å². The number of carbonyl (C=O) groups is 1. The van der Waals surface area contributed by atoms with Crippen LogP contribution in [-0.4, -0.2) is 48.2 Å². The van der Waals surface area contributed by atoms with Crippen molar-refractivity contribution in [2.24, 2.45) is 7.05 Å². The van der Waals surface area contributed by atoms with Gasteiger partial charge >= 0.3 is 0 Å². The Morgan fingerprint density at radius 3 is 2.72 bits per heavy atom. The molecule has 0 aromatic carbocycles. The van der Waals surface area contributed by atoms with Gasteiger partial charge in [0.05, 0.1) is 19.3 Å². The second-order valence-corrected chi connectivity index (χ2v) is 6.53. The Kier molecular flexibility index (Phi) is 5.94. The van der Waals surface area contributed by atoms with Crippen molar-refractivity contribution in [2.75, 3.05) is 32.8 Å². The van der Waals surface area contributed by atoms with Crippen molar-refractivity contribution in [2.45, 2.75) is 25.8 Å². The molecule has 0 aliphatic carbocycles. The largest absolute Gasteiger partial charge is 0.465 e. The SMILES string of the molecule is Cc1ccc([C@@H](CNC(=O)CCc2cccn2C)N2CCOCC2)o1. The molecule has 1 aliphatic rings. The fourth-order valence-corrected chi connectivity index (χ4v) is 3.23. The molecule has 25 heavy (non-hydrogen) atoms. The zero-order chi connectivity index (χ0) is 17.6. The molecule has 1 saturated heterocycles. The quantitative estimate of drug-likeness (QED) is 0.834. The van der Waals surface area contributed by atoms with Crippen molar-refractivity contribution in [3.8, 4) is 0 Å².